The standard InChI is InChI=1S/C16H16INO3/c1-20-15-7-6-11(8-16(15)21-2)14(19)10-18-13-5-3-4-12(17)9-13/h3-9,18H,10H2,1-2H3. The molecule has 0 bridgehead atoms. The molecule has 5 heteroatoms. The van der Waals surface area contributed by atoms with E-state index in [1.165, 1.54) is 0 Å². The number of anilines is 1. The Morgan fingerprint density at radius 3 is 2.52 bits per heavy atom. The van der Waals surface area contributed by atoms with E-state index < -0.39 is 0 Å². The maximum Gasteiger partial charge on any atom is 0.181 e. The first-order chi connectivity index (χ1) is 10.1. The first-order valence-electron chi connectivity index (χ1n) is 6.38. The van der Waals surface area contributed by atoms with Crippen molar-refractivity contribution in [2.75, 3.05) is 26.1 Å². The molecular formula is C16H16INO3. The highest BCUT2D eigenvalue weighted by molar-refractivity contribution is 14.1. The lowest BCUT2D eigenvalue weighted by molar-refractivity contribution is 0.101. The molecule has 0 aromatic heterocycles. The summed E-state index contributed by atoms with van der Waals surface area (Å²) in [6.07, 6.45) is 0. The van der Waals surface area contributed by atoms with Crippen molar-refractivity contribution in [1.82, 2.24) is 0 Å². The zero-order valence-corrected chi connectivity index (χ0v) is 14.0. The van der Waals surface area contributed by atoms with Gasteiger partial charge in [-0.05, 0) is 59.0 Å². The molecule has 0 saturated heterocycles. The Morgan fingerprint density at radius 2 is 1.86 bits per heavy atom. The summed E-state index contributed by atoms with van der Waals surface area (Å²) in [5, 5.41) is 3.12. The van der Waals surface area contributed by atoms with Crippen LogP contribution in [0.5, 0.6) is 11.5 Å². The van der Waals surface area contributed by atoms with Crippen molar-refractivity contribution in [1.29, 1.82) is 0 Å². The number of hydrogen-bond acceptors (Lipinski definition) is 4. The number of carbonyl (C=O) groups excluding carboxylic acids is 1. The van der Waals surface area contributed by atoms with E-state index in [0.29, 0.717) is 17.1 Å². The highest BCUT2D eigenvalue weighted by Crippen LogP contribution is 2.27. The molecule has 2 rings (SSSR count). The van der Waals surface area contributed by atoms with Gasteiger partial charge in [0, 0.05) is 14.8 Å². The lowest BCUT2D eigenvalue weighted by Crippen LogP contribution is -2.14. The van der Waals surface area contributed by atoms with Crippen LogP contribution in [0.4, 0.5) is 5.69 Å². The summed E-state index contributed by atoms with van der Waals surface area (Å²) >= 11 is 2.24. The quantitative estimate of drug-likeness (QED) is 0.598. The number of halogens is 1. The van der Waals surface area contributed by atoms with Gasteiger partial charge in [-0.2, -0.15) is 0 Å². The summed E-state index contributed by atoms with van der Waals surface area (Å²) in [5.41, 5.74) is 1.52. The van der Waals surface area contributed by atoms with E-state index in [9.17, 15) is 4.79 Å². The van der Waals surface area contributed by atoms with Crippen LogP contribution in [0.1, 0.15) is 10.4 Å². The topological polar surface area (TPSA) is 47.6 Å². The molecule has 4 nitrogen and oxygen atoms in total. The van der Waals surface area contributed by atoms with Crippen LogP contribution in [0.2, 0.25) is 0 Å². The molecule has 2 aromatic rings. The van der Waals surface area contributed by atoms with Gasteiger partial charge in [-0.25, -0.2) is 0 Å². The molecule has 0 fully saturated rings. The van der Waals surface area contributed by atoms with Crippen molar-refractivity contribution < 1.29 is 14.3 Å². The Labute approximate surface area is 137 Å². The Bertz CT molecular complexity index is 643. The van der Waals surface area contributed by atoms with E-state index in [1.54, 1.807) is 32.4 Å². The van der Waals surface area contributed by atoms with Crippen LogP contribution in [-0.2, 0) is 0 Å². The van der Waals surface area contributed by atoms with Gasteiger partial charge >= 0.3 is 0 Å². The van der Waals surface area contributed by atoms with E-state index in [1.807, 2.05) is 24.3 Å². The van der Waals surface area contributed by atoms with Gasteiger partial charge in [0.15, 0.2) is 17.3 Å². The molecule has 0 amide bonds. The van der Waals surface area contributed by atoms with Gasteiger partial charge in [0.2, 0.25) is 0 Å². The van der Waals surface area contributed by atoms with Gasteiger partial charge in [0.25, 0.3) is 0 Å². The van der Waals surface area contributed by atoms with Crippen molar-refractivity contribution in [2.24, 2.45) is 0 Å². The van der Waals surface area contributed by atoms with Crippen LogP contribution in [-0.4, -0.2) is 26.5 Å². The second-order valence-electron chi connectivity index (χ2n) is 4.36. The Hall–Kier alpha value is -1.76. The van der Waals surface area contributed by atoms with Crippen molar-refractivity contribution in [3.63, 3.8) is 0 Å². The Morgan fingerprint density at radius 1 is 1.10 bits per heavy atom. The van der Waals surface area contributed by atoms with E-state index >= 15 is 0 Å². The fourth-order valence-corrected chi connectivity index (χ4v) is 2.44. The summed E-state index contributed by atoms with van der Waals surface area (Å²) in [6, 6.07) is 13.0. The number of ether oxygens (including phenoxy) is 2. The fraction of sp³-hybridized carbons (Fsp3) is 0.188. The number of nitrogens with one attached hydrogen (secondary N) is 1. The maximum absolute atomic E-state index is 12.2. The number of rotatable bonds is 6. The molecular weight excluding hydrogens is 381 g/mol. The van der Waals surface area contributed by atoms with Crippen LogP contribution in [0.3, 0.4) is 0 Å². The molecule has 0 aliphatic heterocycles. The van der Waals surface area contributed by atoms with E-state index in [-0.39, 0.29) is 12.3 Å². The largest absolute Gasteiger partial charge is 0.493 e. The van der Waals surface area contributed by atoms with Crippen molar-refractivity contribution in [3.05, 3.63) is 51.6 Å². The summed E-state index contributed by atoms with van der Waals surface area (Å²) in [6.45, 7) is 0.232. The maximum atomic E-state index is 12.2. The highest BCUT2D eigenvalue weighted by Gasteiger charge is 2.10. The number of carbonyl (C=O) groups is 1. The number of ketones is 1. The predicted octanol–water partition coefficient (Wildman–Crippen LogP) is 3.60. The molecule has 0 radical (unpaired) electrons. The zero-order chi connectivity index (χ0) is 15.2. The molecule has 110 valence electrons. The summed E-state index contributed by atoms with van der Waals surface area (Å²) < 4.78 is 11.5. The number of Topliss-reactive ketones (excluding diaryl/α,β-unsaturated/α-hetero) is 1. The van der Waals surface area contributed by atoms with Crippen molar-refractivity contribution >= 4 is 34.1 Å². The van der Waals surface area contributed by atoms with E-state index in [4.69, 9.17) is 9.47 Å². The minimum Gasteiger partial charge on any atom is -0.493 e. The average Bonchev–Trinajstić information content (AvgIpc) is 2.52. The highest BCUT2D eigenvalue weighted by atomic mass is 127. The fourth-order valence-electron chi connectivity index (χ4n) is 1.89. The average molecular weight is 397 g/mol. The van der Waals surface area contributed by atoms with Gasteiger partial charge in [0.1, 0.15) is 0 Å². The van der Waals surface area contributed by atoms with Gasteiger partial charge in [-0.1, -0.05) is 6.07 Å². The number of hydrogen-bond donors (Lipinski definition) is 1. The third-order valence-corrected chi connectivity index (χ3v) is 3.65. The predicted molar refractivity (Wildman–Crippen MR) is 91.5 cm³/mol. The van der Waals surface area contributed by atoms with Crippen LogP contribution < -0.4 is 14.8 Å². The number of methoxy groups -OCH3 is 2. The summed E-state index contributed by atoms with van der Waals surface area (Å²) in [7, 11) is 3.12. The summed E-state index contributed by atoms with van der Waals surface area (Å²) in [5.74, 6) is 1.16. The molecule has 21 heavy (non-hydrogen) atoms. The molecule has 0 aliphatic rings. The Balaban J connectivity index is 2.06. The van der Waals surface area contributed by atoms with Gasteiger partial charge < -0.3 is 14.8 Å². The number of benzene rings is 2. The zero-order valence-electron chi connectivity index (χ0n) is 11.9. The Kier molecular flexibility index (Phi) is 5.44. The van der Waals surface area contributed by atoms with Gasteiger partial charge in [0.05, 0.1) is 20.8 Å². The first kappa shape index (κ1) is 15.6. The molecule has 2 aromatic carbocycles. The SMILES string of the molecule is COc1ccc(C(=O)CNc2cccc(I)c2)cc1OC. The molecule has 1 N–H and O–H groups in total. The monoisotopic (exact) mass is 397 g/mol. The van der Waals surface area contributed by atoms with Crippen LogP contribution in [0.25, 0.3) is 0 Å². The first-order valence-corrected chi connectivity index (χ1v) is 7.46. The molecule has 0 heterocycles. The summed E-state index contributed by atoms with van der Waals surface area (Å²) in [4.78, 5) is 12.2. The van der Waals surface area contributed by atoms with Crippen LogP contribution >= 0.6 is 22.6 Å². The van der Waals surface area contributed by atoms with E-state index in [2.05, 4.69) is 27.9 Å². The molecule has 0 unspecified atom stereocenters. The second kappa shape index (κ2) is 7.31. The van der Waals surface area contributed by atoms with Gasteiger partial charge in [-0.3, -0.25) is 4.79 Å². The lowest BCUT2D eigenvalue weighted by atomic mass is 10.1. The smallest absolute Gasteiger partial charge is 0.181 e. The van der Waals surface area contributed by atoms with Crippen LogP contribution in [0, 0.1) is 3.57 Å². The third-order valence-electron chi connectivity index (χ3n) is 2.98. The minimum absolute atomic E-state index is 0.00480. The normalized spacial score (nSPS) is 10.0. The molecule has 0 spiro atoms. The van der Waals surface area contributed by atoms with Crippen LogP contribution in [0.15, 0.2) is 42.5 Å². The van der Waals surface area contributed by atoms with Gasteiger partial charge in [-0.15, -0.1) is 0 Å². The third kappa shape index (κ3) is 4.10. The lowest BCUT2D eigenvalue weighted by Gasteiger charge is -2.10. The minimum atomic E-state index is -0.00480. The van der Waals surface area contributed by atoms with Crippen molar-refractivity contribution in [2.45, 2.75) is 0 Å². The second-order valence-corrected chi connectivity index (χ2v) is 5.60. The molecule has 0 aliphatic carbocycles. The molecule has 0 atom stereocenters. The van der Waals surface area contributed by atoms with E-state index in [0.717, 1.165) is 9.26 Å². The van der Waals surface area contributed by atoms with Crippen molar-refractivity contribution in [3.8, 4) is 11.5 Å². The molecule has 0 saturated carbocycles.